The zero-order chi connectivity index (χ0) is 24.2. The van der Waals surface area contributed by atoms with E-state index in [1.54, 1.807) is 10.9 Å². The highest BCUT2D eigenvalue weighted by Crippen LogP contribution is 2.28. The number of benzene rings is 1. The number of furan rings is 1. The molecular weight excluding hydrogens is 444 g/mol. The molecule has 2 unspecified atom stereocenters. The van der Waals surface area contributed by atoms with Crippen LogP contribution in [0, 0.1) is 6.92 Å². The van der Waals surface area contributed by atoms with Crippen molar-refractivity contribution in [3.8, 4) is 0 Å². The van der Waals surface area contributed by atoms with Crippen LogP contribution in [-0.2, 0) is 17.8 Å². The third-order valence-corrected chi connectivity index (χ3v) is 6.75. The van der Waals surface area contributed by atoms with Gasteiger partial charge in [-0.2, -0.15) is 0 Å². The number of rotatable bonds is 10. The topological polar surface area (TPSA) is 102 Å². The van der Waals surface area contributed by atoms with E-state index in [-0.39, 0.29) is 17.7 Å². The second-order valence-corrected chi connectivity index (χ2v) is 9.31. The summed E-state index contributed by atoms with van der Waals surface area (Å²) in [6.45, 7) is 6.60. The maximum Gasteiger partial charge on any atom is 0.252 e. The smallest absolute Gasteiger partial charge is 0.252 e. The second kappa shape index (κ2) is 10.5. The molecule has 184 valence electrons. The molecule has 9 nitrogen and oxygen atoms in total. The van der Waals surface area contributed by atoms with Crippen LogP contribution in [0.1, 0.15) is 61.4 Å². The first kappa shape index (κ1) is 23.4. The van der Waals surface area contributed by atoms with Gasteiger partial charge in [0, 0.05) is 25.3 Å². The van der Waals surface area contributed by atoms with Gasteiger partial charge in [0.15, 0.2) is 5.82 Å². The summed E-state index contributed by atoms with van der Waals surface area (Å²) in [7, 11) is 0. The van der Waals surface area contributed by atoms with Gasteiger partial charge in [0.05, 0.1) is 23.9 Å². The summed E-state index contributed by atoms with van der Waals surface area (Å²) in [5.41, 5.74) is 2.62. The van der Waals surface area contributed by atoms with E-state index in [2.05, 4.69) is 32.3 Å². The molecule has 0 spiro atoms. The molecule has 0 bridgehead atoms. The lowest BCUT2D eigenvalue weighted by Crippen LogP contribution is -2.38. The third-order valence-electron chi connectivity index (χ3n) is 6.75. The Balaban J connectivity index is 1.50. The SMILES string of the molecule is CCCC(c1nnnn1Cc1ccco1)N(Cc1cc2cccc(C)c2[nH]c1=O)CC1CCCO1. The van der Waals surface area contributed by atoms with E-state index in [0.717, 1.165) is 65.9 Å². The van der Waals surface area contributed by atoms with Crippen LogP contribution in [0.2, 0.25) is 0 Å². The number of hydrogen-bond acceptors (Lipinski definition) is 7. The molecule has 0 radical (unpaired) electrons. The largest absolute Gasteiger partial charge is 0.467 e. The monoisotopic (exact) mass is 476 g/mol. The number of nitrogens with zero attached hydrogens (tertiary/aromatic N) is 5. The Bertz CT molecular complexity index is 1310. The fourth-order valence-electron chi connectivity index (χ4n) is 4.98. The highest BCUT2D eigenvalue weighted by molar-refractivity contribution is 5.81. The maximum absolute atomic E-state index is 13.1. The summed E-state index contributed by atoms with van der Waals surface area (Å²) < 4.78 is 13.3. The van der Waals surface area contributed by atoms with Crippen molar-refractivity contribution in [3.63, 3.8) is 0 Å². The minimum atomic E-state index is -0.0678. The van der Waals surface area contributed by atoms with Crippen LogP contribution in [0.5, 0.6) is 0 Å². The fourth-order valence-corrected chi connectivity index (χ4v) is 4.98. The van der Waals surface area contributed by atoms with E-state index in [1.165, 1.54) is 0 Å². The van der Waals surface area contributed by atoms with Crippen molar-refractivity contribution in [2.75, 3.05) is 13.2 Å². The molecule has 35 heavy (non-hydrogen) atoms. The Morgan fingerprint density at radius 1 is 1.29 bits per heavy atom. The van der Waals surface area contributed by atoms with Crippen molar-refractivity contribution >= 4 is 10.9 Å². The molecule has 0 amide bonds. The number of para-hydroxylation sites is 1. The van der Waals surface area contributed by atoms with Crippen molar-refractivity contribution in [2.24, 2.45) is 0 Å². The van der Waals surface area contributed by atoms with Gasteiger partial charge in [-0.1, -0.05) is 31.5 Å². The first-order chi connectivity index (χ1) is 17.1. The molecule has 0 aliphatic carbocycles. The van der Waals surface area contributed by atoms with Crippen molar-refractivity contribution in [1.82, 2.24) is 30.1 Å². The van der Waals surface area contributed by atoms with Crippen molar-refractivity contribution in [2.45, 2.75) is 64.8 Å². The Labute approximate surface area is 204 Å². The molecule has 1 fully saturated rings. The third kappa shape index (κ3) is 5.21. The van der Waals surface area contributed by atoms with E-state index in [0.29, 0.717) is 19.6 Å². The number of tetrazole rings is 1. The van der Waals surface area contributed by atoms with Gasteiger partial charge in [-0.05, 0) is 65.8 Å². The Hall–Kier alpha value is -3.30. The average Bonchev–Trinajstić information content (AvgIpc) is 3.63. The predicted molar refractivity (Wildman–Crippen MR) is 132 cm³/mol. The lowest BCUT2D eigenvalue weighted by atomic mass is 10.0. The lowest BCUT2D eigenvalue weighted by Gasteiger charge is -2.32. The first-order valence-electron chi connectivity index (χ1n) is 12.4. The highest BCUT2D eigenvalue weighted by atomic mass is 16.5. The van der Waals surface area contributed by atoms with Gasteiger partial charge in [0.25, 0.3) is 5.56 Å². The number of pyridine rings is 1. The molecule has 1 N–H and O–H groups in total. The quantitative estimate of drug-likeness (QED) is 0.369. The number of H-pyrrole nitrogens is 1. The van der Waals surface area contributed by atoms with Crippen LogP contribution in [-0.4, -0.2) is 49.3 Å². The average molecular weight is 477 g/mol. The molecule has 0 saturated carbocycles. The van der Waals surface area contributed by atoms with Gasteiger partial charge < -0.3 is 14.1 Å². The van der Waals surface area contributed by atoms with E-state index >= 15 is 0 Å². The number of aryl methyl sites for hydroxylation is 1. The number of aromatic amines is 1. The summed E-state index contributed by atoms with van der Waals surface area (Å²) in [5, 5.41) is 13.7. The minimum Gasteiger partial charge on any atom is -0.467 e. The van der Waals surface area contributed by atoms with E-state index in [1.807, 2.05) is 43.3 Å². The van der Waals surface area contributed by atoms with E-state index < -0.39 is 0 Å². The number of fused-ring (bicyclic) bond motifs is 1. The molecule has 1 saturated heterocycles. The Kier molecular flexibility index (Phi) is 7.06. The van der Waals surface area contributed by atoms with Gasteiger partial charge in [0.2, 0.25) is 0 Å². The van der Waals surface area contributed by atoms with Crippen LogP contribution in [0.3, 0.4) is 0 Å². The summed E-state index contributed by atoms with van der Waals surface area (Å²) in [6, 6.07) is 11.8. The van der Waals surface area contributed by atoms with Crippen LogP contribution in [0.4, 0.5) is 0 Å². The lowest BCUT2D eigenvalue weighted by molar-refractivity contribution is 0.0476. The van der Waals surface area contributed by atoms with Crippen molar-refractivity contribution in [3.05, 3.63) is 75.7 Å². The van der Waals surface area contributed by atoms with E-state index in [4.69, 9.17) is 9.15 Å². The van der Waals surface area contributed by atoms with Crippen LogP contribution in [0.15, 0.2) is 51.9 Å². The maximum atomic E-state index is 13.1. The van der Waals surface area contributed by atoms with Gasteiger partial charge in [0.1, 0.15) is 12.3 Å². The summed E-state index contributed by atoms with van der Waals surface area (Å²) in [4.78, 5) is 18.5. The summed E-state index contributed by atoms with van der Waals surface area (Å²) >= 11 is 0. The Morgan fingerprint density at radius 2 is 2.20 bits per heavy atom. The molecular formula is C26H32N6O3. The Morgan fingerprint density at radius 3 is 2.97 bits per heavy atom. The highest BCUT2D eigenvalue weighted by Gasteiger charge is 2.30. The number of nitrogens with one attached hydrogen (secondary N) is 1. The molecule has 9 heteroatoms. The predicted octanol–water partition coefficient (Wildman–Crippen LogP) is 3.99. The van der Waals surface area contributed by atoms with Crippen LogP contribution >= 0.6 is 0 Å². The number of aromatic nitrogens is 5. The van der Waals surface area contributed by atoms with Gasteiger partial charge in [-0.15, -0.1) is 5.10 Å². The molecule has 1 aliphatic heterocycles. The molecule has 4 heterocycles. The van der Waals surface area contributed by atoms with Gasteiger partial charge in [-0.3, -0.25) is 9.69 Å². The number of hydrogen-bond donors (Lipinski definition) is 1. The van der Waals surface area contributed by atoms with Gasteiger partial charge in [-0.25, -0.2) is 4.68 Å². The van der Waals surface area contributed by atoms with Crippen LogP contribution in [0.25, 0.3) is 10.9 Å². The zero-order valence-corrected chi connectivity index (χ0v) is 20.3. The molecule has 3 aromatic heterocycles. The normalized spacial score (nSPS) is 16.9. The summed E-state index contributed by atoms with van der Waals surface area (Å²) in [6.07, 6.45) is 5.66. The minimum absolute atomic E-state index is 0.0606. The second-order valence-electron chi connectivity index (χ2n) is 9.31. The molecule has 1 aromatic carbocycles. The molecule has 4 aromatic rings. The van der Waals surface area contributed by atoms with Crippen molar-refractivity contribution < 1.29 is 9.15 Å². The molecule has 2 atom stereocenters. The molecule has 1 aliphatic rings. The van der Waals surface area contributed by atoms with E-state index in [9.17, 15) is 4.79 Å². The number of ether oxygens (including phenoxy) is 1. The first-order valence-corrected chi connectivity index (χ1v) is 12.4. The molecule has 5 rings (SSSR count). The van der Waals surface area contributed by atoms with Crippen molar-refractivity contribution in [1.29, 1.82) is 0 Å². The van der Waals surface area contributed by atoms with Gasteiger partial charge >= 0.3 is 0 Å². The van der Waals surface area contributed by atoms with Crippen LogP contribution < -0.4 is 5.56 Å². The zero-order valence-electron chi connectivity index (χ0n) is 20.3. The fraction of sp³-hybridized carbons (Fsp3) is 0.462. The standard InChI is InChI=1S/C26H32N6O3/c1-3-7-23(25-28-29-30-32(25)17-22-11-6-13-35-22)31(16-21-10-5-12-34-21)15-20-14-19-9-4-8-18(2)24(19)27-26(20)33/h4,6,8-9,11,13-14,21,23H,3,5,7,10,12,15-17H2,1-2H3,(H,27,33). The summed E-state index contributed by atoms with van der Waals surface area (Å²) in [5.74, 6) is 1.56.